The van der Waals surface area contributed by atoms with Gasteiger partial charge < -0.3 is 0 Å². The molecule has 0 aliphatic heterocycles. The molecule has 0 N–H and O–H groups in total. The van der Waals surface area contributed by atoms with Gasteiger partial charge in [-0.1, -0.05) is 34.1 Å². The third-order valence-corrected chi connectivity index (χ3v) is 2.87. The molecule has 1 nitrogen and oxygen atoms in total. The molecule has 1 aromatic carbocycles. The second kappa shape index (κ2) is 6.30. The number of hydrogen-bond donors (Lipinski definition) is 0. The monoisotopic (exact) mass is 310 g/mol. The van der Waals surface area contributed by atoms with Crippen molar-refractivity contribution in [3.63, 3.8) is 0 Å². The first kappa shape index (κ1) is 13.6. The molecule has 0 radical (unpaired) electrons. The molecule has 5 heteroatoms. The molecule has 0 heterocycles. The molecule has 0 aromatic heterocycles. The molecule has 1 rings (SSSR count). The van der Waals surface area contributed by atoms with Crippen molar-refractivity contribution >= 4 is 33.3 Å². The Balaban J connectivity index is 3.18. The minimum Gasteiger partial charge on any atom is -0.294 e. The lowest BCUT2D eigenvalue weighted by Gasteiger charge is -2.10. The number of alkyl halides is 4. The molecule has 0 spiro atoms. The summed E-state index contributed by atoms with van der Waals surface area (Å²) < 4.78 is 25.3. The largest absolute Gasteiger partial charge is 0.294 e. The van der Waals surface area contributed by atoms with Crippen molar-refractivity contribution in [2.75, 3.05) is 5.33 Å². The SMILES string of the molecule is O=C(CCBr)c1cccc(C(F)F)c1CCl. The van der Waals surface area contributed by atoms with Crippen LogP contribution in [0, 0.1) is 0 Å². The summed E-state index contributed by atoms with van der Waals surface area (Å²) in [5.74, 6) is -0.251. The Morgan fingerprint density at radius 3 is 2.62 bits per heavy atom. The smallest absolute Gasteiger partial charge is 0.264 e. The van der Waals surface area contributed by atoms with E-state index in [1.807, 2.05) is 0 Å². The second-order valence-electron chi connectivity index (χ2n) is 3.17. The molecule has 0 amide bonds. The number of carbonyl (C=O) groups excluding carboxylic acids is 1. The molecule has 0 bridgehead atoms. The van der Waals surface area contributed by atoms with E-state index < -0.39 is 6.43 Å². The first-order valence-corrected chi connectivity index (χ1v) is 6.32. The van der Waals surface area contributed by atoms with Crippen LogP contribution in [-0.4, -0.2) is 11.1 Å². The third kappa shape index (κ3) is 3.01. The summed E-state index contributed by atoms with van der Waals surface area (Å²) >= 11 is 8.77. The van der Waals surface area contributed by atoms with Crippen LogP contribution in [0.25, 0.3) is 0 Å². The van der Waals surface area contributed by atoms with E-state index in [1.165, 1.54) is 18.2 Å². The van der Waals surface area contributed by atoms with Crippen LogP contribution in [0.1, 0.15) is 34.3 Å². The molecule has 16 heavy (non-hydrogen) atoms. The topological polar surface area (TPSA) is 17.1 Å². The third-order valence-electron chi connectivity index (χ3n) is 2.20. The van der Waals surface area contributed by atoms with Crippen molar-refractivity contribution in [1.82, 2.24) is 0 Å². The molecule has 0 aliphatic rings. The standard InChI is InChI=1S/C11H10BrClF2O/c12-5-4-10(16)7-2-1-3-8(11(14)15)9(7)6-13/h1-3,11H,4-6H2. The van der Waals surface area contributed by atoms with E-state index in [0.29, 0.717) is 10.9 Å². The number of Topliss-reactive ketones (excluding diaryl/α,β-unsaturated/α-hetero) is 1. The van der Waals surface area contributed by atoms with Crippen molar-refractivity contribution < 1.29 is 13.6 Å². The summed E-state index contributed by atoms with van der Waals surface area (Å²) in [6.07, 6.45) is -2.33. The fourth-order valence-corrected chi connectivity index (χ4v) is 2.10. The molecular weight excluding hydrogens is 301 g/mol. The van der Waals surface area contributed by atoms with Crippen LogP contribution in [0.4, 0.5) is 8.78 Å². The zero-order chi connectivity index (χ0) is 12.1. The van der Waals surface area contributed by atoms with Crippen molar-refractivity contribution in [2.24, 2.45) is 0 Å². The maximum atomic E-state index is 12.7. The molecule has 0 aliphatic carbocycles. The Labute approximate surface area is 106 Å². The van der Waals surface area contributed by atoms with Gasteiger partial charge in [-0.05, 0) is 5.56 Å². The van der Waals surface area contributed by atoms with Gasteiger partial charge in [0.15, 0.2) is 5.78 Å². The number of carbonyl (C=O) groups is 1. The second-order valence-corrected chi connectivity index (χ2v) is 4.23. The maximum Gasteiger partial charge on any atom is 0.264 e. The average Bonchev–Trinajstić information content (AvgIpc) is 2.28. The van der Waals surface area contributed by atoms with Crippen molar-refractivity contribution in [3.8, 4) is 0 Å². The van der Waals surface area contributed by atoms with Gasteiger partial charge in [0.2, 0.25) is 0 Å². The van der Waals surface area contributed by atoms with Gasteiger partial charge >= 0.3 is 0 Å². The zero-order valence-electron chi connectivity index (χ0n) is 8.35. The highest BCUT2D eigenvalue weighted by molar-refractivity contribution is 9.09. The number of benzene rings is 1. The lowest BCUT2D eigenvalue weighted by atomic mass is 9.98. The number of rotatable bonds is 5. The van der Waals surface area contributed by atoms with Gasteiger partial charge in [-0.2, -0.15) is 0 Å². The summed E-state index contributed by atoms with van der Waals surface area (Å²) in [6.45, 7) is 0. The van der Waals surface area contributed by atoms with Crippen molar-refractivity contribution in [2.45, 2.75) is 18.7 Å². The summed E-state index contributed by atoms with van der Waals surface area (Å²) in [4.78, 5) is 11.7. The van der Waals surface area contributed by atoms with Crippen LogP contribution in [0.2, 0.25) is 0 Å². The van der Waals surface area contributed by atoms with Crippen LogP contribution in [0.3, 0.4) is 0 Å². The van der Waals surface area contributed by atoms with Crippen molar-refractivity contribution in [1.29, 1.82) is 0 Å². The predicted octanol–water partition coefficient (Wildman–Crippen LogP) is 4.33. The van der Waals surface area contributed by atoms with E-state index >= 15 is 0 Å². The molecular formula is C11H10BrClF2O. The molecule has 0 atom stereocenters. The lowest BCUT2D eigenvalue weighted by Crippen LogP contribution is -2.06. The van der Waals surface area contributed by atoms with Gasteiger partial charge in [0, 0.05) is 28.8 Å². The summed E-state index contributed by atoms with van der Waals surface area (Å²) in [5, 5.41) is 0.506. The number of hydrogen-bond acceptors (Lipinski definition) is 1. The molecule has 88 valence electrons. The van der Waals surface area contributed by atoms with Crippen LogP contribution < -0.4 is 0 Å². The van der Waals surface area contributed by atoms with Gasteiger partial charge in [-0.3, -0.25) is 4.79 Å². The maximum absolute atomic E-state index is 12.7. The Morgan fingerprint density at radius 1 is 1.44 bits per heavy atom. The molecule has 1 aromatic rings. The Morgan fingerprint density at radius 2 is 2.12 bits per heavy atom. The quantitative estimate of drug-likeness (QED) is 0.584. The van der Waals surface area contributed by atoms with E-state index in [1.54, 1.807) is 0 Å². The fourth-order valence-electron chi connectivity index (χ4n) is 1.44. The van der Waals surface area contributed by atoms with Gasteiger partial charge in [-0.15, -0.1) is 11.6 Å². The minimum atomic E-state index is -2.61. The molecule has 0 saturated heterocycles. The van der Waals surface area contributed by atoms with Crippen molar-refractivity contribution in [3.05, 3.63) is 34.9 Å². The highest BCUT2D eigenvalue weighted by Gasteiger charge is 2.18. The highest BCUT2D eigenvalue weighted by atomic mass is 79.9. The number of halogens is 4. The summed E-state index contributed by atoms with van der Waals surface area (Å²) in [7, 11) is 0. The van der Waals surface area contributed by atoms with E-state index in [2.05, 4.69) is 15.9 Å². The Bertz CT molecular complexity index is 382. The highest BCUT2D eigenvalue weighted by Crippen LogP contribution is 2.27. The first-order chi connectivity index (χ1) is 7.61. The minimum absolute atomic E-state index is 0.0795. The van der Waals surface area contributed by atoms with E-state index in [0.717, 1.165) is 0 Å². The average molecular weight is 312 g/mol. The van der Waals surface area contributed by atoms with Crippen LogP contribution >= 0.6 is 27.5 Å². The van der Waals surface area contributed by atoms with E-state index in [9.17, 15) is 13.6 Å². The van der Waals surface area contributed by atoms with E-state index in [4.69, 9.17) is 11.6 Å². The van der Waals surface area contributed by atoms with Crippen LogP contribution in [-0.2, 0) is 5.88 Å². The van der Waals surface area contributed by atoms with Crippen LogP contribution in [0.15, 0.2) is 18.2 Å². The lowest BCUT2D eigenvalue weighted by molar-refractivity contribution is 0.0988. The van der Waals surface area contributed by atoms with Gasteiger partial charge in [0.05, 0.1) is 0 Å². The summed E-state index contributed by atoms with van der Waals surface area (Å²) in [6, 6.07) is 4.29. The number of ketones is 1. The fraction of sp³-hybridized carbons (Fsp3) is 0.364. The summed E-state index contributed by atoms with van der Waals surface area (Å²) in [5.41, 5.74) is 0.382. The normalized spacial score (nSPS) is 10.8. The van der Waals surface area contributed by atoms with Gasteiger partial charge in [-0.25, -0.2) is 8.78 Å². The molecule has 0 fully saturated rings. The Hall–Kier alpha value is -0.480. The first-order valence-electron chi connectivity index (χ1n) is 4.66. The molecule has 0 unspecified atom stereocenters. The van der Waals surface area contributed by atoms with Crippen LogP contribution in [0.5, 0.6) is 0 Å². The van der Waals surface area contributed by atoms with E-state index in [-0.39, 0.29) is 29.2 Å². The van der Waals surface area contributed by atoms with Gasteiger partial charge in [0.1, 0.15) is 0 Å². The predicted molar refractivity (Wildman–Crippen MR) is 63.7 cm³/mol. The molecule has 0 saturated carbocycles. The van der Waals surface area contributed by atoms with Gasteiger partial charge in [0.25, 0.3) is 6.43 Å². The zero-order valence-corrected chi connectivity index (χ0v) is 10.7. The Kier molecular flexibility index (Phi) is 5.35.